The minimum Gasteiger partial charge on any atom is -0.359 e. The van der Waals surface area contributed by atoms with Gasteiger partial charge in [-0.25, -0.2) is 0 Å². The van der Waals surface area contributed by atoms with E-state index in [9.17, 15) is 9.59 Å². The van der Waals surface area contributed by atoms with Gasteiger partial charge in [0.25, 0.3) is 5.91 Å². The second kappa shape index (κ2) is 7.95. The summed E-state index contributed by atoms with van der Waals surface area (Å²) in [5.41, 5.74) is 4.40. The van der Waals surface area contributed by atoms with Crippen molar-refractivity contribution >= 4 is 22.7 Å². The van der Waals surface area contributed by atoms with Crippen LogP contribution < -0.4 is 10.6 Å². The summed E-state index contributed by atoms with van der Waals surface area (Å²) >= 11 is 0. The minimum absolute atomic E-state index is 0.0210. The van der Waals surface area contributed by atoms with Crippen molar-refractivity contribution in [1.82, 2.24) is 20.5 Å². The molecule has 2 aliphatic rings. The van der Waals surface area contributed by atoms with E-state index in [-0.39, 0.29) is 23.9 Å². The second-order valence-electron chi connectivity index (χ2n) is 8.16. The average Bonchev–Trinajstić information content (AvgIpc) is 3.26. The van der Waals surface area contributed by atoms with Crippen LogP contribution in [0.1, 0.15) is 53.7 Å². The zero-order valence-electron chi connectivity index (χ0n) is 16.8. The number of aryl methyl sites for hydroxylation is 2. The summed E-state index contributed by atoms with van der Waals surface area (Å²) in [6, 6.07) is 6.55. The molecule has 4 rings (SSSR count). The smallest absolute Gasteiger partial charge is 0.253 e. The Morgan fingerprint density at radius 1 is 1.18 bits per heavy atom. The Kier molecular flexibility index (Phi) is 5.40. The Morgan fingerprint density at radius 2 is 1.96 bits per heavy atom. The fourth-order valence-electron chi connectivity index (χ4n) is 4.82. The van der Waals surface area contributed by atoms with Crippen LogP contribution in [0.25, 0.3) is 10.9 Å². The third kappa shape index (κ3) is 3.53. The molecule has 1 fully saturated rings. The van der Waals surface area contributed by atoms with Crippen molar-refractivity contribution < 1.29 is 9.59 Å². The first kappa shape index (κ1) is 19.0. The molecule has 1 aliphatic carbocycles. The van der Waals surface area contributed by atoms with Gasteiger partial charge in [0.05, 0.1) is 11.1 Å². The van der Waals surface area contributed by atoms with Crippen LogP contribution in [0.5, 0.6) is 0 Å². The van der Waals surface area contributed by atoms with E-state index in [1.165, 1.54) is 29.5 Å². The number of carbonyl (C=O) groups is 2. The molecule has 6 nitrogen and oxygen atoms in total. The fourth-order valence-corrected chi connectivity index (χ4v) is 4.82. The highest BCUT2D eigenvalue weighted by Crippen LogP contribution is 2.31. The van der Waals surface area contributed by atoms with Gasteiger partial charge in [-0.15, -0.1) is 0 Å². The molecule has 0 radical (unpaired) electrons. The molecule has 150 valence electrons. The van der Waals surface area contributed by atoms with Crippen LogP contribution in [-0.2, 0) is 17.6 Å². The van der Waals surface area contributed by atoms with Crippen LogP contribution in [-0.4, -0.2) is 54.4 Å². The van der Waals surface area contributed by atoms with E-state index in [0.717, 1.165) is 36.8 Å². The van der Waals surface area contributed by atoms with Gasteiger partial charge in [0, 0.05) is 43.2 Å². The molecule has 0 spiro atoms. The van der Waals surface area contributed by atoms with E-state index >= 15 is 0 Å². The van der Waals surface area contributed by atoms with Crippen LogP contribution in [0.3, 0.4) is 0 Å². The summed E-state index contributed by atoms with van der Waals surface area (Å²) in [5, 5.41) is 7.03. The molecule has 1 aromatic carbocycles. The highest BCUT2D eigenvalue weighted by atomic mass is 16.2. The zero-order chi connectivity index (χ0) is 19.7. The summed E-state index contributed by atoms with van der Waals surface area (Å²) in [5.74, 6) is 0.0521. The summed E-state index contributed by atoms with van der Waals surface area (Å²) in [4.78, 5) is 30.4. The van der Waals surface area contributed by atoms with E-state index in [1.807, 2.05) is 12.1 Å². The zero-order valence-corrected chi connectivity index (χ0v) is 16.8. The average molecular weight is 383 g/mol. The molecule has 2 heterocycles. The summed E-state index contributed by atoms with van der Waals surface area (Å²) < 4.78 is 0. The number of nitrogens with one attached hydrogen (secondary N) is 3. The summed E-state index contributed by atoms with van der Waals surface area (Å²) in [7, 11) is 3.73. The number of carbonyl (C=O) groups excluding carboxylic acids is 2. The number of aromatic amines is 1. The van der Waals surface area contributed by atoms with Crippen molar-refractivity contribution in [2.24, 2.45) is 0 Å². The van der Waals surface area contributed by atoms with Crippen molar-refractivity contribution in [3.05, 3.63) is 35.0 Å². The number of amides is 2. The van der Waals surface area contributed by atoms with Gasteiger partial charge >= 0.3 is 0 Å². The highest BCUT2D eigenvalue weighted by Gasteiger charge is 2.31. The topological polar surface area (TPSA) is 77.2 Å². The molecule has 3 N–H and O–H groups in total. The third-order valence-corrected chi connectivity index (χ3v) is 6.56. The minimum atomic E-state index is -0.0210. The molecule has 1 aliphatic heterocycles. The maximum Gasteiger partial charge on any atom is 0.253 e. The predicted molar refractivity (Wildman–Crippen MR) is 111 cm³/mol. The number of benzene rings is 1. The molecule has 0 unspecified atom stereocenters. The Labute approximate surface area is 166 Å². The van der Waals surface area contributed by atoms with Gasteiger partial charge in [0.15, 0.2) is 0 Å². The molecule has 1 aromatic heterocycles. The number of H-pyrrole nitrogens is 1. The van der Waals surface area contributed by atoms with Gasteiger partial charge in [-0.1, -0.05) is 12.1 Å². The van der Waals surface area contributed by atoms with Gasteiger partial charge in [0.2, 0.25) is 5.91 Å². The summed E-state index contributed by atoms with van der Waals surface area (Å²) in [6.07, 6.45) is 7.12. The number of aromatic nitrogens is 1. The third-order valence-electron chi connectivity index (χ3n) is 6.56. The Morgan fingerprint density at radius 3 is 2.79 bits per heavy atom. The van der Waals surface area contributed by atoms with E-state index in [2.05, 4.69) is 33.6 Å². The van der Waals surface area contributed by atoms with Crippen LogP contribution in [0, 0.1) is 0 Å². The Hall–Kier alpha value is -2.34. The fraction of sp³-hybridized carbons (Fsp3) is 0.545. The lowest BCUT2D eigenvalue weighted by Crippen LogP contribution is -2.42. The van der Waals surface area contributed by atoms with Gasteiger partial charge in [-0.3, -0.25) is 14.5 Å². The van der Waals surface area contributed by atoms with E-state index in [4.69, 9.17) is 0 Å². The normalized spacial score (nSPS) is 22.2. The Bertz CT molecular complexity index is 888. The predicted octanol–water partition coefficient (Wildman–Crippen LogP) is 2.38. The number of rotatable bonds is 5. The SMILES string of the molecule is CNC(=O)C[C@H]1CC[C@@H](CNC(=O)c2cccc3c4c([nH]c23)CCCC4)N1C. The standard InChI is InChI=1S/C22H30N4O2/c1-23-20(27)12-14-10-11-15(26(14)2)13-24-22(28)18-8-5-7-17-16-6-3-4-9-19(16)25-21(17)18/h5,7-8,14-15,25H,3-4,6,9-13H2,1-2H3,(H,23,27)(H,24,28)/t14-,15+/m1/s1. The molecule has 1 saturated heterocycles. The van der Waals surface area contributed by atoms with E-state index in [1.54, 1.807) is 7.05 Å². The molecule has 0 saturated carbocycles. The highest BCUT2D eigenvalue weighted by molar-refractivity contribution is 6.06. The lowest BCUT2D eigenvalue weighted by atomic mass is 9.95. The molecular formula is C22H30N4O2. The lowest BCUT2D eigenvalue weighted by molar-refractivity contribution is -0.121. The maximum atomic E-state index is 12.9. The second-order valence-corrected chi connectivity index (χ2v) is 8.16. The number of fused-ring (bicyclic) bond motifs is 3. The van der Waals surface area contributed by atoms with Gasteiger partial charge in [0.1, 0.15) is 0 Å². The van der Waals surface area contributed by atoms with Crippen molar-refractivity contribution in [3.8, 4) is 0 Å². The molecule has 2 amide bonds. The van der Waals surface area contributed by atoms with E-state index < -0.39 is 0 Å². The number of likely N-dealkylation sites (N-methyl/N-ethyl adjacent to an activating group) is 1. The van der Waals surface area contributed by atoms with Gasteiger partial charge < -0.3 is 15.6 Å². The monoisotopic (exact) mass is 382 g/mol. The molecular weight excluding hydrogens is 352 g/mol. The van der Waals surface area contributed by atoms with E-state index in [0.29, 0.717) is 13.0 Å². The number of hydrogen-bond acceptors (Lipinski definition) is 3. The van der Waals surface area contributed by atoms with Gasteiger partial charge in [-0.2, -0.15) is 0 Å². The quantitative estimate of drug-likeness (QED) is 0.743. The first-order chi connectivity index (χ1) is 13.6. The number of hydrogen-bond donors (Lipinski definition) is 3. The van der Waals surface area contributed by atoms with Crippen LogP contribution in [0.2, 0.25) is 0 Å². The Balaban J connectivity index is 1.43. The maximum absolute atomic E-state index is 12.9. The number of para-hydroxylation sites is 1. The van der Waals surface area contributed by atoms with Crippen LogP contribution in [0.15, 0.2) is 18.2 Å². The molecule has 0 bridgehead atoms. The first-order valence-electron chi connectivity index (χ1n) is 10.4. The molecule has 28 heavy (non-hydrogen) atoms. The van der Waals surface area contributed by atoms with Crippen LogP contribution in [0.4, 0.5) is 0 Å². The first-order valence-corrected chi connectivity index (χ1v) is 10.4. The molecule has 2 aromatic rings. The van der Waals surface area contributed by atoms with Crippen molar-refractivity contribution in [3.63, 3.8) is 0 Å². The lowest BCUT2D eigenvalue weighted by Gasteiger charge is -2.25. The van der Waals surface area contributed by atoms with Crippen molar-refractivity contribution in [1.29, 1.82) is 0 Å². The summed E-state index contributed by atoms with van der Waals surface area (Å²) in [6.45, 7) is 0.608. The molecule has 6 heteroatoms. The number of likely N-dealkylation sites (tertiary alicyclic amines) is 1. The van der Waals surface area contributed by atoms with Crippen molar-refractivity contribution in [2.45, 2.75) is 57.0 Å². The van der Waals surface area contributed by atoms with Crippen molar-refractivity contribution in [2.75, 3.05) is 20.6 Å². The van der Waals surface area contributed by atoms with Gasteiger partial charge in [-0.05, 0) is 57.2 Å². The molecule has 2 atom stereocenters. The largest absolute Gasteiger partial charge is 0.359 e. The van der Waals surface area contributed by atoms with Crippen LogP contribution >= 0.6 is 0 Å². The number of nitrogens with zero attached hydrogens (tertiary/aromatic N) is 1.